The predicted molar refractivity (Wildman–Crippen MR) is 111 cm³/mol. The van der Waals surface area contributed by atoms with E-state index in [0.717, 1.165) is 16.7 Å². The van der Waals surface area contributed by atoms with E-state index in [1.165, 1.54) is 12.1 Å². The molecule has 0 saturated carbocycles. The Balaban J connectivity index is 1.85. The second-order valence-electron chi connectivity index (χ2n) is 7.59. The van der Waals surface area contributed by atoms with Crippen LogP contribution in [0.2, 0.25) is 0 Å². The number of amides is 2. The van der Waals surface area contributed by atoms with Crippen LogP contribution in [0.25, 0.3) is 0 Å². The molecule has 1 atom stereocenters. The lowest BCUT2D eigenvalue weighted by atomic mass is 9.94. The zero-order chi connectivity index (χ0) is 21.4. The molecule has 0 radical (unpaired) electrons. The van der Waals surface area contributed by atoms with Crippen LogP contribution < -0.4 is 14.8 Å². The number of carbonyl (C=O) groups is 1. The summed E-state index contributed by atoms with van der Waals surface area (Å²) in [6.45, 7) is 10.1. The SMILES string of the molecule is CCO[C@@H]1c2c(C)ccc(NC(=O)NS(=O)(=O)c3ccc(C)cc3)c2OC1(C)C. The highest BCUT2D eigenvalue weighted by atomic mass is 32.2. The summed E-state index contributed by atoms with van der Waals surface area (Å²) in [7, 11) is -3.99. The van der Waals surface area contributed by atoms with Crippen LogP contribution in [0.5, 0.6) is 5.75 Å². The molecule has 0 bridgehead atoms. The zero-order valence-electron chi connectivity index (χ0n) is 17.2. The van der Waals surface area contributed by atoms with Gasteiger partial charge in [-0.3, -0.25) is 0 Å². The number of ether oxygens (including phenoxy) is 2. The van der Waals surface area contributed by atoms with E-state index >= 15 is 0 Å². The molecule has 1 aliphatic rings. The van der Waals surface area contributed by atoms with E-state index in [9.17, 15) is 13.2 Å². The van der Waals surface area contributed by atoms with Crippen molar-refractivity contribution >= 4 is 21.7 Å². The Morgan fingerprint density at radius 1 is 1.14 bits per heavy atom. The number of carbonyl (C=O) groups excluding carboxylic acids is 1. The summed E-state index contributed by atoms with van der Waals surface area (Å²) in [5.41, 5.74) is 2.52. The molecular weight excluding hydrogens is 392 g/mol. The van der Waals surface area contributed by atoms with Crippen molar-refractivity contribution in [2.45, 2.75) is 51.2 Å². The van der Waals surface area contributed by atoms with Crippen LogP contribution in [0.1, 0.15) is 43.6 Å². The number of sulfonamides is 1. The third-order valence-electron chi connectivity index (χ3n) is 4.81. The van der Waals surface area contributed by atoms with Gasteiger partial charge in [0.2, 0.25) is 0 Å². The van der Waals surface area contributed by atoms with Gasteiger partial charge in [-0.15, -0.1) is 0 Å². The van der Waals surface area contributed by atoms with Gasteiger partial charge in [0.25, 0.3) is 10.0 Å². The summed E-state index contributed by atoms with van der Waals surface area (Å²) in [5.74, 6) is 0.497. The third-order valence-corrected chi connectivity index (χ3v) is 6.16. The number of rotatable bonds is 5. The van der Waals surface area contributed by atoms with Crippen molar-refractivity contribution in [1.82, 2.24) is 4.72 Å². The fourth-order valence-electron chi connectivity index (χ4n) is 3.39. The molecule has 29 heavy (non-hydrogen) atoms. The van der Waals surface area contributed by atoms with E-state index in [0.29, 0.717) is 18.0 Å². The number of benzene rings is 2. The summed E-state index contributed by atoms with van der Waals surface area (Å²) in [6, 6.07) is 8.92. The van der Waals surface area contributed by atoms with Crippen molar-refractivity contribution in [3.8, 4) is 5.75 Å². The van der Waals surface area contributed by atoms with Crippen LogP contribution in [-0.2, 0) is 14.8 Å². The first-order valence-corrected chi connectivity index (χ1v) is 10.9. The van der Waals surface area contributed by atoms with E-state index in [-0.39, 0.29) is 11.0 Å². The monoisotopic (exact) mass is 418 g/mol. The smallest absolute Gasteiger partial charge is 0.333 e. The highest BCUT2D eigenvalue weighted by molar-refractivity contribution is 7.90. The highest BCUT2D eigenvalue weighted by Gasteiger charge is 2.44. The second kappa shape index (κ2) is 7.68. The lowest BCUT2D eigenvalue weighted by molar-refractivity contribution is -0.0471. The fourth-order valence-corrected chi connectivity index (χ4v) is 4.30. The number of hydrogen-bond acceptors (Lipinski definition) is 5. The van der Waals surface area contributed by atoms with Crippen molar-refractivity contribution in [3.63, 3.8) is 0 Å². The lowest BCUT2D eigenvalue weighted by Gasteiger charge is -2.26. The first-order chi connectivity index (χ1) is 13.5. The van der Waals surface area contributed by atoms with Gasteiger partial charge in [0.15, 0.2) is 0 Å². The van der Waals surface area contributed by atoms with Gasteiger partial charge in [0.1, 0.15) is 17.5 Å². The zero-order valence-corrected chi connectivity index (χ0v) is 18.0. The molecule has 0 fully saturated rings. The van der Waals surface area contributed by atoms with E-state index in [4.69, 9.17) is 9.47 Å². The minimum atomic E-state index is -3.99. The minimum Gasteiger partial charge on any atom is -0.482 e. The molecule has 3 rings (SSSR count). The van der Waals surface area contributed by atoms with Crippen molar-refractivity contribution in [2.75, 3.05) is 11.9 Å². The first-order valence-electron chi connectivity index (χ1n) is 9.39. The molecule has 0 aliphatic carbocycles. The Morgan fingerprint density at radius 2 is 1.79 bits per heavy atom. The van der Waals surface area contributed by atoms with Gasteiger partial charge in [0, 0.05) is 12.2 Å². The van der Waals surface area contributed by atoms with Crippen LogP contribution >= 0.6 is 0 Å². The predicted octanol–water partition coefficient (Wildman–Crippen LogP) is 4.06. The summed E-state index contributed by atoms with van der Waals surface area (Å²) in [6.07, 6.45) is -0.288. The quantitative estimate of drug-likeness (QED) is 0.764. The van der Waals surface area contributed by atoms with Crippen molar-refractivity contribution in [3.05, 3.63) is 53.1 Å². The van der Waals surface area contributed by atoms with Gasteiger partial charge < -0.3 is 14.8 Å². The Hall–Kier alpha value is -2.58. The molecule has 1 aliphatic heterocycles. The number of anilines is 1. The van der Waals surface area contributed by atoms with Crippen LogP contribution in [0.4, 0.5) is 10.5 Å². The number of fused-ring (bicyclic) bond motifs is 1. The maximum absolute atomic E-state index is 12.4. The standard InChI is InChI=1S/C21H26N2O5S/c1-6-27-19-17-14(3)9-12-16(18(17)28-21(19,4)5)22-20(24)23-29(25,26)15-10-7-13(2)8-11-15/h7-12,19H,6H2,1-5H3,(H2,22,23,24)/t19-/m1/s1. The molecule has 1 heterocycles. The summed E-state index contributed by atoms with van der Waals surface area (Å²) in [4.78, 5) is 12.4. The molecule has 2 aromatic rings. The largest absolute Gasteiger partial charge is 0.482 e. The molecule has 0 saturated heterocycles. The molecule has 2 aromatic carbocycles. The molecule has 2 amide bonds. The Kier molecular flexibility index (Phi) is 5.60. The highest BCUT2D eigenvalue weighted by Crippen LogP contribution is 2.50. The average molecular weight is 419 g/mol. The van der Waals surface area contributed by atoms with E-state index in [2.05, 4.69) is 5.32 Å². The minimum absolute atomic E-state index is 0.0150. The molecule has 0 spiro atoms. The van der Waals surface area contributed by atoms with E-state index in [1.807, 2.05) is 45.4 Å². The van der Waals surface area contributed by atoms with Gasteiger partial charge in [0.05, 0.1) is 10.6 Å². The van der Waals surface area contributed by atoms with Crippen LogP contribution in [0, 0.1) is 13.8 Å². The first kappa shape index (κ1) is 21.1. The molecule has 8 heteroatoms. The van der Waals surface area contributed by atoms with Gasteiger partial charge in [-0.05, 0) is 58.4 Å². The van der Waals surface area contributed by atoms with Crippen molar-refractivity contribution in [1.29, 1.82) is 0 Å². The van der Waals surface area contributed by atoms with Crippen LogP contribution in [0.15, 0.2) is 41.3 Å². The van der Waals surface area contributed by atoms with Crippen molar-refractivity contribution < 1.29 is 22.7 Å². The van der Waals surface area contributed by atoms with Gasteiger partial charge in [-0.2, -0.15) is 0 Å². The van der Waals surface area contributed by atoms with Gasteiger partial charge in [-0.1, -0.05) is 23.8 Å². The summed E-state index contributed by atoms with van der Waals surface area (Å²) in [5, 5.41) is 2.60. The molecule has 156 valence electrons. The molecular formula is C21H26N2O5S. The number of aryl methyl sites for hydroxylation is 2. The van der Waals surface area contributed by atoms with E-state index < -0.39 is 21.7 Å². The Bertz CT molecular complexity index is 1030. The number of urea groups is 1. The van der Waals surface area contributed by atoms with Crippen molar-refractivity contribution in [2.24, 2.45) is 0 Å². The Morgan fingerprint density at radius 3 is 2.41 bits per heavy atom. The van der Waals surface area contributed by atoms with Crippen LogP contribution in [0.3, 0.4) is 0 Å². The normalized spacial score (nSPS) is 17.3. The molecule has 0 aromatic heterocycles. The molecule has 2 N–H and O–H groups in total. The Labute approximate surface area is 171 Å². The van der Waals surface area contributed by atoms with Gasteiger partial charge in [-0.25, -0.2) is 17.9 Å². The topological polar surface area (TPSA) is 93.7 Å². The van der Waals surface area contributed by atoms with Gasteiger partial charge >= 0.3 is 6.03 Å². The maximum atomic E-state index is 12.4. The molecule has 0 unspecified atom stereocenters. The number of hydrogen-bond donors (Lipinski definition) is 2. The maximum Gasteiger partial charge on any atom is 0.333 e. The third kappa shape index (κ3) is 4.23. The molecule has 7 nitrogen and oxygen atoms in total. The number of nitrogens with one attached hydrogen (secondary N) is 2. The summed E-state index contributed by atoms with van der Waals surface area (Å²) < 4.78 is 38.9. The van der Waals surface area contributed by atoms with Crippen LogP contribution in [-0.4, -0.2) is 26.7 Å². The average Bonchev–Trinajstić information content (AvgIpc) is 2.89. The lowest BCUT2D eigenvalue weighted by Crippen LogP contribution is -2.34. The fraction of sp³-hybridized carbons (Fsp3) is 0.381. The van der Waals surface area contributed by atoms with E-state index in [1.54, 1.807) is 18.2 Å². The summed E-state index contributed by atoms with van der Waals surface area (Å²) >= 11 is 0. The second-order valence-corrected chi connectivity index (χ2v) is 9.27.